The summed E-state index contributed by atoms with van der Waals surface area (Å²) in [7, 11) is 0. The number of hydrogen-bond donors (Lipinski definition) is 2. The van der Waals surface area contributed by atoms with Gasteiger partial charge in [0.05, 0.1) is 11.0 Å². The van der Waals surface area contributed by atoms with Crippen molar-refractivity contribution < 1.29 is 9.52 Å². The van der Waals surface area contributed by atoms with Crippen molar-refractivity contribution in [1.29, 1.82) is 0 Å². The lowest BCUT2D eigenvalue weighted by molar-refractivity contribution is 0.447. The molecule has 0 aliphatic rings. The Balaban J connectivity index is 1.92. The Morgan fingerprint density at radius 1 is 1.24 bits per heavy atom. The van der Waals surface area contributed by atoms with E-state index in [-0.39, 0.29) is 5.75 Å². The van der Waals surface area contributed by atoms with Crippen LogP contribution < -0.4 is 5.32 Å². The number of rotatable bonds is 4. The summed E-state index contributed by atoms with van der Waals surface area (Å²) in [5, 5.41) is 13.0. The van der Waals surface area contributed by atoms with E-state index >= 15 is 0 Å². The molecule has 0 spiro atoms. The highest BCUT2D eigenvalue weighted by molar-refractivity contribution is 9.10. The summed E-state index contributed by atoms with van der Waals surface area (Å²) in [6.45, 7) is 3.18. The van der Waals surface area contributed by atoms with E-state index in [0.29, 0.717) is 17.6 Å². The zero-order chi connectivity index (χ0) is 12.3. The van der Waals surface area contributed by atoms with Crippen LogP contribution in [0.15, 0.2) is 39.2 Å². The molecule has 0 aliphatic carbocycles. The number of nitrogens with one attached hydrogen (secondary N) is 1. The first-order chi connectivity index (χ1) is 8.16. The number of furan rings is 1. The highest BCUT2D eigenvalue weighted by Crippen LogP contribution is 2.27. The molecule has 17 heavy (non-hydrogen) atoms. The fraction of sp³-hybridized carbons (Fsp3) is 0.231. The second kappa shape index (κ2) is 5.38. The number of para-hydroxylation sites is 1. The van der Waals surface area contributed by atoms with Crippen molar-refractivity contribution in [3.63, 3.8) is 0 Å². The van der Waals surface area contributed by atoms with Crippen LogP contribution in [0, 0.1) is 6.92 Å². The van der Waals surface area contributed by atoms with E-state index in [1.54, 1.807) is 0 Å². The molecular formula is C13H14BrNO2. The van der Waals surface area contributed by atoms with Gasteiger partial charge in [-0.1, -0.05) is 12.1 Å². The summed E-state index contributed by atoms with van der Waals surface area (Å²) in [6, 6.07) is 9.49. The molecule has 2 N–H and O–H groups in total. The topological polar surface area (TPSA) is 45.4 Å². The van der Waals surface area contributed by atoms with Crippen molar-refractivity contribution in [2.75, 3.05) is 0 Å². The van der Waals surface area contributed by atoms with Gasteiger partial charge in [-0.3, -0.25) is 0 Å². The molecule has 90 valence electrons. The summed E-state index contributed by atoms with van der Waals surface area (Å²) < 4.78 is 6.15. The van der Waals surface area contributed by atoms with Gasteiger partial charge in [0, 0.05) is 12.1 Å². The SMILES string of the molecule is Cc1ccc(CNCc2cccc(Br)c2O)o1. The van der Waals surface area contributed by atoms with Crippen molar-refractivity contribution >= 4 is 15.9 Å². The molecule has 1 heterocycles. The van der Waals surface area contributed by atoms with Gasteiger partial charge >= 0.3 is 0 Å². The largest absolute Gasteiger partial charge is 0.506 e. The first kappa shape index (κ1) is 12.2. The first-order valence-corrected chi connectivity index (χ1v) is 6.18. The lowest BCUT2D eigenvalue weighted by atomic mass is 10.2. The second-order valence-electron chi connectivity index (χ2n) is 3.86. The number of hydrogen-bond acceptors (Lipinski definition) is 3. The van der Waals surface area contributed by atoms with E-state index in [9.17, 15) is 5.11 Å². The molecule has 4 heteroatoms. The molecule has 0 amide bonds. The third-order valence-electron chi connectivity index (χ3n) is 2.48. The highest BCUT2D eigenvalue weighted by Gasteiger charge is 2.04. The zero-order valence-electron chi connectivity index (χ0n) is 9.53. The van der Waals surface area contributed by atoms with Crippen LogP contribution in [0.4, 0.5) is 0 Å². The van der Waals surface area contributed by atoms with Crippen LogP contribution in [0.3, 0.4) is 0 Å². The van der Waals surface area contributed by atoms with E-state index in [0.717, 1.165) is 17.1 Å². The van der Waals surface area contributed by atoms with Gasteiger partial charge in [0.25, 0.3) is 0 Å². The summed E-state index contributed by atoms with van der Waals surface area (Å²) in [5.74, 6) is 2.10. The first-order valence-electron chi connectivity index (χ1n) is 5.39. The third-order valence-corrected chi connectivity index (χ3v) is 3.12. The highest BCUT2D eigenvalue weighted by atomic mass is 79.9. The van der Waals surface area contributed by atoms with E-state index in [1.165, 1.54) is 0 Å². The predicted octanol–water partition coefficient (Wildman–Crippen LogP) is 3.35. The minimum absolute atomic E-state index is 0.288. The molecule has 0 bridgehead atoms. The Morgan fingerprint density at radius 2 is 2.06 bits per heavy atom. The Bertz CT molecular complexity index is 508. The Morgan fingerprint density at radius 3 is 2.76 bits per heavy atom. The molecule has 0 saturated heterocycles. The Labute approximate surface area is 109 Å². The van der Waals surface area contributed by atoms with Crippen molar-refractivity contribution in [3.05, 3.63) is 51.9 Å². The molecule has 0 unspecified atom stereocenters. The standard InChI is InChI=1S/C13H14BrNO2/c1-9-5-6-11(17-9)8-15-7-10-3-2-4-12(14)13(10)16/h2-6,15-16H,7-8H2,1H3. The predicted molar refractivity (Wildman–Crippen MR) is 69.8 cm³/mol. The van der Waals surface area contributed by atoms with E-state index in [1.807, 2.05) is 37.3 Å². The van der Waals surface area contributed by atoms with Crippen molar-refractivity contribution in [3.8, 4) is 5.75 Å². The van der Waals surface area contributed by atoms with Gasteiger partial charge in [-0.25, -0.2) is 0 Å². The molecule has 0 atom stereocenters. The van der Waals surface area contributed by atoms with Gasteiger partial charge in [0.2, 0.25) is 0 Å². The van der Waals surface area contributed by atoms with Crippen LogP contribution in [-0.4, -0.2) is 5.11 Å². The Kier molecular flexibility index (Phi) is 3.86. The molecule has 1 aromatic heterocycles. The smallest absolute Gasteiger partial charge is 0.134 e. The van der Waals surface area contributed by atoms with Crippen LogP contribution in [-0.2, 0) is 13.1 Å². The summed E-state index contributed by atoms with van der Waals surface area (Å²) in [6.07, 6.45) is 0. The van der Waals surface area contributed by atoms with Gasteiger partial charge in [0.1, 0.15) is 17.3 Å². The van der Waals surface area contributed by atoms with Crippen LogP contribution in [0.1, 0.15) is 17.1 Å². The molecule has 2 rings (SSSR count). The van der Waals surface area contributed by atoms with E-state index in [2.05, 4.69) is 21.2 Å². The monoisotopic (exact) mass is 295 g/mol. The van der Waals surface area contributed by atoms with Crippen LogP contribution in [0.25, 0.3) is 0 Å². The lowest BCUT2D eigenvalue weighted by Gasteiger charge is -2.06. The fourth-order valence-corrected chi connectivity index (χ4v) is 2.01. The minimum Gasteiger partial charge on any atom is -0.506 e. The maximum Gasteiger partial charge on any atom is 0.134 e. The zero-order valence-corrected chi connectivity index (χ0v) is 11.1. The van der Waals surface area contributed by atoms with E-state index in [4.69, 9.17) is 4.42 Å². The maximum absolute atomic E-state index is 9.79. The normalized spacial score (nSPS) is 10.7. The third kappa shape index (κ3) is 3.11. The van der Waals surface area contributed by atoms with Gasteiger partial charge in [-0.2, -0.15) is 0 Å². The number of aryl methyl sites for hydroxylation is 1. The average molecular weight is 296 g/mol. The van der Waals surface area contributed by atoms with Crippen LogP contribution in [0.5, 0.6) is 5.75 Å². The number of phenols is 1. The number of benzene rings is 1. The maximum atomic E-state index is 9.79. The van der Waals surface area contributed by atoms with Crippen molar-refractivity contribution in [1.82, 2.24) is 5.32 Å². The van der Waals surface area contributed by atoms with E-state index < -0.39 is 0 Å². The molecule has 2 aromatic rings. The Hall–Kier alpha value is -1.26. The van der Waals surface area contributed by atoms with Gasteiger partial charge < -0.3 is 14.8 Å². The lowest BCUT2D eigenvalue weighted by Crippen LogP contribution is -2.12. The summed E-state index contributed by atoms with van der Waals surface area (Å²) in [4.78, 5) is 0. The summed E-state index contributed by atoms with van der Waals surface area (Å²) in [5.41, 5.74) is 0.864. The fourth-order valence-electron chi connectivity index (χ4n) is 1.60. The number of aromatic hydroxyl groups is 1. The van der Waals surface area contributed by atoms with Crippen molar-refractivity contribution in [2.45, 2.75) is 20.0 Å². The minimum atomic E-state index is 0.288. The average Bonchev–Trinajstić information content (AvgIpc) is 2.70. The quantitative estimate of drug-likeness (QED) is 0.909. The second-order valence-corrected chi connectivity index (χ2v) is 4.72. The van der Waals surface area contributed by atoms with Gasteiger partial charge in [0.15, 0.2) is 0 Å². The van der Waals surface area contributed by atoms with Crippen LogP contribution >= 0.6 is 15.9 Å². The number of halogens is 1. The molecule has 0 aliphatic heterocycles. The van der Waals surface area contributed by atoms with Gasteiger partial charge in [-0.05, 0) is 41.1 Å². The molecule has 3 nitrogen and oxygen atoms in total. The molecule has 0 saturated carbocycles. The number of phenolic OH excluding ortho intramolecular Hbond substituents is 1. The molecule has 1 aromatic carbocycles. The van der Waals surface area contributed by atoms with Crippen molar-refractivity contribution in [2.24, 2.45) is 0 Å². The molecule has 0 radical (unpaired) electrons. The van der Waals surface area contributed by atoms with Crippen LogP contribution in [0.2, 0.25) is 0 Å². The van der Waals surface area contributed by atoms with Gasteiger partial charge in [-0.15, -0.1) is 0 Å². The molecule has 0 fully saturated rings. The molecular weight excluding hydrogens is 282 g/mol. The summed E-state index contributed by atoms with van der Waals surface area (Å²) >= 11 is 3.29.